The summed E-state index contributed by atoms with van der Waals surface area (Å²) in [6, 6.07) is 11.9. The van der Waals surface area contributed by atoms with Crippen molar-refractivity contribution in [2.45, 2.75) is 12.6 Å². The van der Waals surface area contributed by atoms with Crippen molar-refractivity contribution in [1.29, 1.82) is 0 Å². The summed E-state index contributed by atoms with van der Waals surface area (Å²) in [6.45, 7) is 0.994. The van der Waals surface area contributed by atoms with Crippen LogP contribution in [-0.4, -0.2) is 18.4 Å². The number of rotatable bonds is 5. The van der Waals surface area contributed by atoms with E-state index in [1.807, 2.05) is 18.2 Å². The van der Waals surface area contributed by atoms with Gasteiger partial charge < -0.3 is 19.9 Å². The van der Waals surface area contributed by atoms with Crippen molar-refractivity contribution in [2.24, 2.45) is 0 Å². The van der Waals surface area contributed by atoms with Gasteiger partial charge >= 0.3 is 0 Å². The van der Waals surface area contributed by atoms with Gasteiger partial charge in [-0.15, -0.1) is 0 Å². The van der Waals surface area contributed by atoms with Gasteiger partial charge in [-0.05, 0) is 12.1 Å². The second-order valence-corrected chi connectivity index (χ2v) is 4.82. The highest BCUT2D eigenvalue weighted by molar-refractivity contribution is 5.48. The van der Waals surface area contributed by atoms with E-state index in [2.05, 4.69) is 5.32 Å². The van der Waals surface area contributed by atoms with Crippen LogP contribution in [0.3, 0.4) is 0 Å². The zero-order valence-corrected chi connectivity index (χ0v) is 11.4. The van der Waals surface area contributed by atoms with Crippen molar-refractivity contribution in [1.82, 2.24) is 5.32 Å². The first kappa shape index (κ1) is 13.9. The molecule has 0 spiro atoms. The fraction of sp³-hybridized carbons (Fsp3) is 0.250. The molecule has 2 aromatic carbocycles. The molecule has 1 heterocycles. The van der Waals surface area contributed by atoms with Crippen molar-refractivity contribution in [3.8, 4) is 11.5 Å². The maximum Gasteiger partial charge on any atom is 0.231 e. The van der Waals surface area contributed by atoms with Gasteiger partial charge in [-0.1, -0.05) is 30.3 Å². The summed E-state index contributed by atoms with van der Waals surface area (Å²) in [4.78, 5) is 0. The Bertz CT molecular complexity index is 633. The fourth-order valence-electron chi connectivity index (χ4n) is 2.33. The molecule has 0 aromatic heterocycles. The number of para-hydroxylation sites is 1. The van der Waals surface area contributed by atoms with Gasteiger partial charge in [0, 0.05) is 24.2 Å². The molecule has 0 aliphatic carbocycles. The highest BCUT2D eigenvalue weighted by Gasteiger charge is 2.17. The Morgan fingerprint density at radius 1 is 1.14 bits per heavy atom. The van der Waals surface area contributed by atoms with Crippen LogP contribution in [0.2, 0.25) is 0 Å². The lowest BCUT2D eigenvalue weighted by atomic mass is 10.1. The Labute approximate surface area is 122 Å². The molecule has 110 valence electrons. The summed E-state index contributed by atoms with van der Waals surface area (Å²) < 4.78 is 24.3. The first-order chi connectivity index (χ1) is 10.3. The number of benzene rings is 2. The zero-order chi connectivity index (χ0) is 14.7. The second kappa shape index (κ2) is 6.11. The highest BCUT2D eigenvalue weighted by atomic mass is 19.1. The number of halogens is 1. The summed E-state index contributed by atoms with van der Waals surface area (Å²) in [5.41, 5.74) is 1.24. The van der Waals surface area contributed by atoms with Crippen LogP contribution in [0.15, 0.2) is 42.5 Å². The Kier molecular flexibility index (Phi) is 4.03. The quantitative estimate of drug-likeness (QED) is 0.887. The van der Waals surface area contributed by atoms with Gasteiger partial charge in [0.15, 0.2) is 11.5 Å². The Hall–Kier alpha value is -2.11. The summed E-state index contributed by atoms with van der Waals surface area (Å²) in [6.07, 6.45) is -0.889. The third-order valence-corrected chi connectivity index (χ3v) is 3.40. The first-order valence-electron chi connectivity index (χ1n) is 6.76. The van der Waals surface area contributed by atoms with E-state index in [1.54, 1.807) is 18.2 Å². The number of aliphatic hydroxyl groups is 1. The number of ether oxygens (including phenoxy) is 2. The molecule has 2 aromatic rings. The third kappa shape index (κ3) is 2.99. The van der Waals surface area contributed by atoms with E-state index in [1.165, 1.54) is 6.07 Å². The van der Waals surface area contributed by atoms with Crippen molar-refractivity contribution in [3.63, 3.8) is 0 Å². The maximum atomic E-state index is 13.5. The largest absolute Gasteiger partial charge is 0.454 e. The van der Waals surface area contributed by atoms with Crippen molar-refractivity contribution < 1.29 is 19.0 Å². The van der Waals surface area contributed by atoms with Gasteiger partial charge in [-0.25, -0.2) is 4.39 Å². The molecule has 0 amide bonds. The highest BCUT2D eigenvalue weighted by Crippen LogP contribution is 2.35. The lowest BCUT2D eigenvalue weighted by molar-refractivity contribution is 0.167. The summed E-state index contributed by atoms with van der Waals surface area (Å²) >= 11 is 0. The van der Waals surface area contributed by atoms with Crippen molar-refractivity contribution in [2.75, 3.05) is 13.3 Å². The maximum absolute atomic E-state index is 13.5. The monoisotopic (exact) mass is 289 g/mol. The van der Waals surface area contributed by atoms with Gasteiger partial charge in [0.2, 0.25) is 6.79 Å². The van der Waals surface area contributed by atoms with Crippen LogP contribution in [0.25, 0.3) is 0 Å². The van der Waals surface area contributed by atoms with E-state index in [0.717, 1.165) is 17.1 Å². The lowest BCUT2D eigenvalue weighted by Gasteiger charge is -2.13. The van der Waals surface area contributed by atoms with Crippen molar-refractivity contribution >= 4 is 0 Å². The minimum Gasteiger partial charge on any atom is -0.454 e. The van der Waals surface area contributed by atoms with Crippen LogP contribution in [0.4, 0.5) is 4.39 Å². The molecule has 0 saturated carbocycles. The molecule has 5 heteroatoms. The number of fused-ring (bicyclic) bond motifs is 1. The zero-order valence-electron chi connectivity index (χ0n) is 11.4. The number of aliphatic hydroxyl groups excluding tert-OH is 1. The summed E-state index contributed by atoms with van der Waals surface area (Å²) in [7, 11) is 0. The molecule has 1 aliphatic heterocycles. The standard InChI is InChI=1S/C16H16FNO3/c17-13-6-2-1-5-12(13)14(19)9-18-8-11-4-3-7-15-16(11)21-10-20-15/h1-7,14,18-19H,8-10H2/t14-/m1/s1. The van der Waals surface area contributed by atoms with Crippen LogP contribution in [0, 0.1) is 5.82 Å². The molecular weight excluding hydrogens is 273 g/mol. The minimum absolute atomic E-state index is 0.226. The lowest BCUT2D eigenvalue weighted by Crippen LogP contribution is -2.21. The number of nitrogens with one attached hydrogen (secondary N) is 1. The van der Waals surface area contributed by atoms with Gasteiger partial charge in [0.1, 0.15) is 5.82 Å². The Morgan fingerprint density at radius 3 is 2.86 bits per heavy atom. The molecule has 21 heavy (non-hydrogen) atoms. The minimum atomic E-state index is -0.889. The molecule has 1 aliphatic rings. The van der Waals surface area contributed by atoms with Gasteiger partial charge in [-0.2, -0.15) is 0 Å². The normalized spacial score (nSPS) is 14.2. The van der Waals surface area contributed by atoms with E-state index in [0.29, 0.717) is 12.1 Å². The third-order valence-electron chi connectivity index (χ3n) is 3.40. The van der Waals surface area contributed by atoms with Crippen LogP contribution >= 0.6 is 0 Å². The smallest absolute Gasteiger partial charge is 0.231 e. The summed E-state index contributed by atoms with van der Waals surface area (Å²) in [5.74, 6) is 1.05. The molecule has 0 bridgehead atoms. The SMILES string of the molecule is O[C@H](CNCc1cccc2c1OCO2)c1ccccc1F. The van der Waals surface area contributed by atoms with Crippen molar-refractivity contribution in [3.05, 3.63) is 59.4 Å². The molecule has 4 nitrogen and oxygen atoms in total. The number of hydrogen-bond acceptors (Lipinski definition) is 4. The van der Waals surface area contributed by atoms with Crippen LogP contribution in [0.5, 0.6) is 11.5 Å². The predicted octanol–water partition coefficient (Wildman–Crippen LogP) is 2.38. The van der Waals surface area contributed by atoms with E-state index in [4.69, 9.17) is 9.47 Å². The second-order valence-electron chi connectivity index (χ2n) is 4.82. The average Bonchev–Trinajstić information content (AvgIpc) is 2.97. The van der Waals surface area contributed by atoms with Gasteiger partial charge in [0.05, 0.1) is 6.10 Å². The Morgan fingerprint density at radius 2 is 2.00 bits per heavy atom. The molecule has 2 N–H and O–H groups in total. The summed E-state index contributed by atoms with van der Waals surface area (Å²) in [5, 5.41) is 13.1. The van der Waals surface area contributed by atoms with Gasteiger partial charge in [-0.3, -0.25) is 0 Å². The van der Waals surface area contributed by atoms with Crippen LogP contribution in [-0.2, 0) is 6.54 Å². The van der Waals surface area contributed by atoms with E-state index in [-0.39, 0.29) is 13.3 Å². The molecule has 0 unspecified atom stereocenters. The molecule has 1 atom stereocenters. The molecule has 0 saturated heterocycles. The predicted molar refractivity (Wildman–Crippen MR) is 75.6 cm³/mol. The van der Waals surface area contributed by atoms with E-state index in [9.17, 15) is 9.50 Å². The topological polar surface area (TPSA) is 50.7 Å². The average molecular weight is 289 g/mol. The fourth-order valence-corrected chi connectivity index (χ4v) is 2.33. The van der Waals surface area contributed by atoms with E-state index >= 15 is 0 Å². The van der Waals surface area contributed by atoms with Crippen LogP contribution in [0.1, 0.15) is 17.2 Å². The molecule has 3 rings (SSSR count). The molecular formula is C16H16FNO3. The van der Waals surface area contributed by atoms with Gasteiger partial charge in [0.25, 0.3) is 0 Å². The number of hydrogen-bond donors (Lipinski definition) is 2. The first-order valence-corrected chi connectivity index (χ1v) is 6.76. The molecule has 0 fully saturated rings. The van der Waals surface area contributed by atoms with E-state index < -0.39 is 11.9 Å². The Balaban J connectivity index is 1.60. The molecule has 0 radical (unpaired) electrons. The van der Waals surface area contributed by atoms with Crippen LogP contribution < -0.4 is 14.8 Å².